The Hall–Kier alpha value is -0.610. The fourth-order valence-electron chi connectivity index (χ4n) is 3.08. The quantitative estimate of drug-likeness (QED) is 0.739. The molecule has 0 unspecified atom stereocenters. The summed E-state index contributed by atoms with van der Waals surface area (Å²) in [5, 5.41) is 12.9. The van der Waals surface area contributed by atoms with Gasteiger partial charge in [-0.3, -0.25) is 9.69 Å². The van der Waals surface area contributed by atoms with E-state index >= 15 is 0 Å². The van der Waals surface area contributed by atoms with E-state index in [2.05, 4.69) is 10.2 Å². The summed E-state index contributed by atoms with van der Waals surface area (Å²) in [4.78, 5) is 13.8. The fourth-order valence-corrected chi connectivity index (χ4v) is 3.08. The summed E-state index contributed by atoms with van der Waals surface area (Å²) in [6.07, 6.45) is 6.06. The highest BCUT2D eigenvalue weighted by Gasteiger charge is 2.44. The largest absolute Gasteiger partial charge is 0.480 e. The molecule has 1 heterocycles. The molecule has 1 saturated carbocycles. The zero-order valence-electron chi connectivity index (χ0n) is 9.87. The van der Waals surface area contributed by atoms with Gasteiger partial charge < -0.3 is 10.4 Å². The molecule has 0 atom stereocenters. The molecule has 92 valence electrons. The van der Waals surface area contributed by atoms with Gasteiger partial charge in [-0.2, -0.15) is 0 Å². The van der Waals surface area contributed by atoms with Crippen molar-refractivity contribution in [3.8, 4) is 0 Å². The van der Waals surface area contributed by atoms with Gasteiger partial charge in [0.15, 0.2) is 0 Å². The molecule has 1 saturated heterocycles. The third kappa shape index (κ3) is 2.23. The molecule has 16 heavy (non-hydrogen) atoms. The first-order valence-corrected chi connectivity index (χ1v) is 6.45. The SMILES string of the molecule is O=C(O)C1(N2CCCNCC2)CCCCC1. The van der Waals surface area contributed by atoms with Crippen LogP contribution >= 0.6 is 0 Å². The van der Waals surface area contributed by atoms with Gasteiger partial charge in [0.1, 0.15) is 5.54 Å². The molecule has 0 aromatic carbocycles. The van der Waals surface area contributed by atoms with Crippen molar-refractivity contribution in [1.29, 1.82) is 0 Å². The van der Waals surface area contributed by atoms with Crippen LogP contribution in [-0.4, -0.2) is 47.7 Å². The Balaban J connectivity index is 2.12. The average Bonchev–Trinajstić information content (AvgIpc) is 2.58. The van der Waals surface area contributed by atoms with Crippen LogP contribution in [0, 0.1) is 0 Å². The maximum atomic E-state index is 11.6. The third-order valence-corrected chi connectivity index (χ3v) is 4.02. The summed E-state index contributed by atoms with van der Waals surface area (Å²) in [5.41, 5.74) is -0.551. The number of nitrogens with zero attached hydrogens (tertiary/aromatic N) is 1. The minimum atomic E-state index is -0.603. The van der Waals surface area contributed by atoms with E-state index in [0.717, 1.165) is 58.3 Å². The molecule has 4 nitrogen and oxygen atoms in total. The molecule has 2 aliphatic rings. The Morgan fingerprint density at radius 1 is 1.06 bits per heavy atom. The molecule has 0 amide bonds. The Morgan fingerprint density at radius 3 is 2.50 bits per heavy atom. The number of hydrogen-bond donors (Lipinski definition) is 2. The van der Waals surface area contributed by atoms with Gasteiger partial charge in [0, 0.05) is 19.6 Å². The Kier molecular flexibility index (Phi) is 3.82. The molecule has 0 spiro atoms. The summed E-state index contributed by atoms with van der Waals surface area (Å²) >= 11 is 0. The molecule has 0 radical (unpaired) electrons. The molecule has 2 N–H and O–H groups in total. The maximum absolute atomic E-state index is 11.6. The Labute approximate surface area is 97.0 Å². The first-order valence-electron chi connectivity index (χ1n) is 6.45. The first kappa shape index (κ1) is 11.9. The number of carboxylic acid groups (broad SMARTS) is 1. The molecular weight excluding hydrogens is 204 g/mol. The van der Waals surface area contributed by atoms with Crippen LogP contribution in [0.5, 0.6) is 0 Å². The van der Waals surface area contributed by atoms with E-state index in [9.17, 15) is 9.90 Å². The molecule has 1 aliphatic heterocycles. The van der Waals surface area contributed by atoms with Crippen molar-refractivity contribution in [3.63, 3.8) is 0 Å². The van der Waals surface area contributed by atoms with Crippen LogP contribution in [0.1, 0.15) is 38.5 Å². The second-order valence-corrected chi connectivity index (χ2v) is 4.99. The second-order valence-electron chi connectivity index (χ2n) is 4.99. The van der Waals surface area contributed by atoms with Gasteiger partial charge in [0.25, 0.3) is 0 Å². The molecule has 0 aromatic rings. The van der Waals surface area contributed by atoms with Gasteiger partial charge in [-0.25, -0.2) is 0 Å². The van der Waals surface area contributed by atoms with Crippen molar-refractivity contribution >= 4 is 5.97 Å². The van der Waals surface area contributed by atoms with Crippen LogP contribution in [0.4, 0.5) is 0 Å². The van der Waals surface area contributed by atoms with Gasteiger partial charge in [0.2, 0.25) is 0 Å². The van der Waals surface area contributed by atoms with Crippen LogP contribution in [0.2, 0.25) is 0 Å². The van der Waals surface area contributed by atoms with E-state index in [-0.39, 0.29) is 0 Å². The smallest absolute Gasteiger partial charge is 0.324 e. The van der Waals surface area contributed by atoms with E-state index in [1.165, 1.54) is 6.42 Å². The van der Waals surface area contributed by atoms with Crippen LogP contribution in [-0.2, 0) is 4.79 Å². The fraction of sp³-hybridized carbons (Fsp3) is 0.917. The van der Waals surface area contributed by atoms with E-state index < -0.39 is 11.5 Å². The zero-order chi connectivity index (χ0) is 11.4. The minimum Gasteiger partial charge on any atom is -0.480 e. The predicted molar refractivity (Wildman–Crippen MR) is 62.5 cm³/mol. The molecule has 2 fully saturated rings. The van der Waals surface area contributed by atoms with Crippen LogP contribution < -0.4 is 5.32 Å². The molecule has 1 aliphatic carbocycles. The van der Waals surface area contributed by atoms with E-state index in [1.807, 2.05) is 0 Å². The highest BCUT2D eigenvalue weighted by Crippen LogP contribution is 2.34. The summed E-state index contributed by atoms with van der Waals surface area (Å²) in [6.45, 7) is 3.76. The number of carbonyl (C=O) groups is 1. The van der Waals surface area contributed by atoms with Crippen molar-refractivity contribution in [2.75, 3.05) is 26.2 Å². The number of hydrogen-bond acceptors (Lipinski definition) is 3. The van der Waals surface area contributed by atoms with Gasteiger partial charge in [-0.15, -0.1) is 0 Å². The lowest BCUT2D eigenvalue weighted by molar-refractivity contribution is -0.154. The molecular formula is C12H22N2O2. The van der Waals surface area contributed by atoms with E-state index in [0.29, 0.717) is 0 Å². The average molecular weight is 226 g/mol. The summed E-state index contributed by atoms with van der Waals surface area (Å²) in [7, 11) is 0. The van der Waals surface area contributed by atoms with Crippen LogP contribution in [0.15, 0.2) is 0 Å². The molecule has 4 heteroatoms. The van der Waals surface area contributed by atoms with Gasteiger partial charge in [-0.05, 0) is 25.8 Å². The topological polar surface area (TPSA) is 52.6 Å². The third-order valence-electron chi connectivity index (χ3n) is 4.02. The number of rotatable bonds is 2. The maximum Gasteiger partial charge on any atom is 0.324 e. The predicted octanol–water partition coefficient (Wildman–Crippen LogP) is 1.07. The van der Waals surface area contributed by atoms with Crippen molar-refractivity contribution < 1.29 is 9.90 Å². The lowest BCUT2D eigenvalue weighted by atomic mass is 9.80. The molecule has 0 aromatic heterocycles. The number of carboxylic acids is 1. The summed E-state index contributed by atoms with van der Waals surface area (Å²) in [5.74, 6) is -0.603. The van der Waals surface area contributed by atoms with Gasteiger partial charge >= 0.3 is 5.97 Å². The lowest BCUT2D eigenvalue weighted by Gasteiger charge is -2.42. The number of nitrogens with one attached hydrogen (secondary N) is 1. The van der Waals surface area contributed by atoms with Crippen molar-refractivity contribution in [3.05, 3.63) is 0 Å². The Bertz CT molecular complexity index is 241. The van der Waals surface area contributed by atoms with Crippen molar-refractivity contribution in [2.45, 2.75) is 44.1 Å². The summed E-state index contributed by atoms with van der Waals surface area (Å²) < 4.78 is 0. The monoisotopic (exact) mass is 226 g/mol. The second kappa shape index (κ2) is 5.15. The van der Waals surface area contributed by atoms with Crippen LogP contribution in [0.3, 0.4) is 0 Å². The van der Waals surface area contributed by atoms with E-state index in [1.54, 1.807) is 0 Å². The van der Waals surface area contributed by atoms with Gasteiger partial charge in [0.05, 0.1) is 0 Å². The minimum absolute atomic E-state index is 0.551. The summed E-state index contributed by atoms with van der Waals surface area (Å²) in [6, 6.07) is 0. The lowest BCUT2D eigenvalue weighted by Crippen LogP contribution is -2.56. The van der Waals surface area contributed by atoms with Gasteiger partial charge in [-0.1, -0.05) is 19.3 Å². The molecule has 2 rings (SSSR count). The van der Waals surface area contributed by atoms with Crippen molar-refractivity contribution in [1.82, 2.24) is 10.2 Å². The first-order chi connectivity index (χ1) is 7.76. The van der Waals surface area contributed by atoms with Crippen LogP contribution in [0.25, 0.3) is 0 Å². The van der Waals surface area contributed by atoms with Crippen molar-refractivity contribution in [2.24, 2.45) is 0 Å². The highest BCUT2D eigenvalue weighted by atomic mass is 16.4. The standard InChI is InChI=1S/C12H22N2O2/c15-11(16)12(5-2-1-3-6-12)14-9-4-7-13-8-10-14/h13H,1-10H2,(H,15,16). The Morgan fingerprint density at radius 2 is 1.81 bits per heavy atom. The highest BCUT2D eigenvalue weighted by molar-refractivity contribution is 5.79. The normalized spacial score (nSPS) is 27.2. The zero-order valence-corrected chi connectivity index (χ0v) is 9.87. The van der Waals surface area contributed by atoms with E-state index in [4.69, 9.17) is 0 Å². The number of aliphatic carboxylic acids is 1. The molecule has 0 bridgehead atoms.